The van der Waals surface area contributed by atoms with Crippen molar-refractivity contribution in [3.8, 4) is 11.4 Å². The van der Waals surface area contributed by atoms with Gasteiger partial charge in [-0.2, -0.15) is 4.98 Å². The molecule has 0 radical (unpaired) electrons. The molecule has 0 N–H and O–H groups in total. The molecule has 2 heterocycles. The first-order chi connectivity index (χ1) is 15.0. The average molecular weight is 443 g/mol. The Morgan fingerprint density at radius 2 is 2.03 bits per heavy atom. The van der Waals surface area contributed by atoms with Gasteiger partial charge in [-0.3, -0.25) is 9.69 Å². The maximum Gasteiger partial charge on any atom is 0.246 e. The molecule has 8 heteroatoms. The van der Waals surface area contributed by atoms with E-state index in [1.54, 1.807) is 30.1 Å². The van der Waals surface area contributed by atoms with E-state index in [0.717, 1.165) is 24.9 Å². The van der Waals surface area contributed by atoms with Crippen molar-refractivity contribution in [1.82, 2.24) is 19.9 Å². The molecule has 6 nitrogen and oxygen atoms in total. The van der Waals surface area contributed by atoms with Crippen molar-refractivity contribution in [2.24, 2.45) is 5.92 Å². The molecule has 1 aromatic heterocycles. The van der Waals surface area contributed by atoms with Crippen molar-refractivity contribution in [1.29, 1.82) is 0 Å². The van der Waals surface area contributed by atoms with E-state index in [9.17, 15) is 9.18 Å². The third-order valence-corrected chi connectivity index (χ3v) is 5.84. The smallest absolute Gasteiger partial charge is 0.246 e. The Balaban J connectivity index is 1.35. The highest BCUT2D eigenvalue weighted by atomic mass is 35.5. The molecule has 1 amide bonds. The van der Waals surface area contributed by atoms with Crippen molar-refractivity contribution >= 4 is 17.5 Å². The van der Waals surface area contributed by atoms with Crippen LogP contribution in [0.3, 0.4) is 0 Å². The van der Waals surface area contributed by atoms with Crippen LogP contribution in [0.5, 0.6) is 0 Å². The fourth-order valence-corrected chi connectivity index (χ4v) is 4.13. The summed E-state index contributed by atoms with van der Waals surface area (Å²) in [7, 11) is 1.75. The second-order valence-corrected chi connectivity index (χ2v) is 8.29. The van der Waals surface area contributed by atoms with E-state index in [0.29, 0.717) is 35.4 Å². The van der Waals surface area contributed by atoms with E-state index >= 15 is 0 Å². The number of nitrogens with zero attached hydrogens (tertiary/aromatic N) is 4. The quantitative estimate of drug-likeness (QED) is 0.566. The molecule has 1 atom stereocenters. The molecule has 0 unspecified atom stereocenters. The summed E-state index contributed by atoms with van der Waals surface area (Å²) in [6, 6.07) is 13.8. The van der Waals surface area contributed by atoms with E-state index in [1.807, 2.05) is 18.2 Å². The molecular formula is C23H24ClFN4O2. The average Bonchev–Trinajstić information content (AvgIpc) is 3.23. The number of aromatic nitrogens is 2. The normalized spacial score (nSPS) is 16.9. The Kier molecular flexibility index (Phi) is 6.63. The number of carbonyl (C=O) groups is 1. The lowest BCUT2D eigenvalue weighted by Gasteiger charge is -2.33. The van der Waals surface area contributed by atoms with Gasteiger partial charge in [0, 0.05) is 25.7 Å². The highest BCUT2D eigenvalue weighted by molar-refractivity contribution is 6.33. The summed E-state index contributed by atoms with van der Waals surface area (Å²) in [5, 5.41) is 4.54. The Hall–Kier alpha value is -2.77. The van der Waals surface area contributed by atoms with E-state index < -0.39 is 0 Å². The van der Waals surface area contributed by atoms with Crippen LogP contribution in [0.15, 0.2) is 53.1 Å². The van der Waals surface area contributed by atoms with Crippen molar-refractivity contribution in [2.75, 3.05) is 20.1 Å². The molecule has 1 aliphatic rings. The van der Waals surface area contributed by atoms with Crippen LogP contribution in [0.2, 0.25) is 5.02 Å². The van der Waals surface area contributed by atoms with Crippen LogP contribution in [-0.4, -0.2) is 46.0 Å². The summed E-state index contributed by atoms with van der Waals surface area (Å²) in [6.07, 6.45) is 1.79. The lowest BCUT2D eigenvalue weighted by atomic mass is 9.96. The SMILES string of the molecule is CN(Cc1nc(-c2ccccc2Cl)no1)C(=O)[C@H]1CCCN(Cc2ccc(F)cc2)C1. The number of piperidine rings is 1. The summed E-state index contributed by atoms with van der Waals surface area (Å²) in [6.45, 7) is 2.55. The molecule has 0 bridgehead atoms. The Bertz CT molecular complexity index is 1040. The Morgan fingerprint density at radius 3 is 2.81 bits per heavy atom. The number of benzene rings is 2. The van der Waals surface area contributed by atoms with Crippen LogP contribution in [0.1, 0.15) is 24.3 Å². The predicted octanol–water partition coefficient (Wildman–Crippen LogP) is 4.40. The van der Waals surface area contributed by atoms with Crippen LogP contribution < -0.4 is 0 Å². The third kappa shape index (κ3) is 5.29. The molecule has 4 rings (SSSR count). The van der Waals surface area contributed by atoms with Crippen LogP contribution in [0, 0.1) is 11.7 Å². The summed E-state index contributed by atoms with van der Waals surface area (Å²) in [5.41, 5.74) is 1.73. The number of hydrogen-bond donors (Lipinski definition) is 0. The number of hydrogen-bond acceptors (Lipinski definition) is 5. The van der Waals surface area contributed by atoms with Gasteiger partial charge < -0.3 is 9.42 Å². The first kappa shape index (κ1) is 21.5. The zero-order valence-corrected chi connectivity index (χ0v) is 18.1. The first-order valence-electron chi connectivity index (χ1n) is 10.3. The topological polar surface area (TPSA) is 62.5 Å². The highest BCUT2D eigenvalue weighted by Crippen LogP contribution is 2.25. The van der Waals surface area contributed by atoms with Gasteiger partial charge in [0.1, 0.15) is 5.82 Å². The van der Waals surface area contributed by atoms with E-state index in [1.165, 1.54) is 12.1 Å². The maximum absolute atomic E-state index is 13.1. The number of carbonyl (C=O) groups excluding carboxylic acids is 1. The zero-order chi connectivity index (χ0) is 21.8. The second kappa shape index (κ2) is 9.58. The van der Waals surface area contributed by atoms with E-state index in [2.05, 4.69) is 15.0 Å². The fraction of sp³-hybridized carbons (Fsp3) is 0.348. The summed E-state index contributed by atoms with van der Waals surface area (Å²) in [5.74, 6) is 0.497. The Morgan fingerprint density at radius 1 is 1.26 bits per heavy atom. The molecule has 0 aliphatic carbocycles. The van der Waals surface area contributed by atoms with Gasteiger partial charge in [-0.25, -0.2) is 4.39 Å². The molecule has 0 spiro atoms. The molecule has 162 valence electrons. The maximum atomic E-state index is 13.1. The van der Waals surface area contributed by atoms with Crippen molar-refractivity contribution < 1.29 is 13.7 Å². The van der Waals surface area contributed by atoms with Crippen LogP contribution >= 0.6 is 11.6 Å². The largest absolute Gasteiger partial charge is 0.337 e. The van der Waals surface area contributed by atoms with Gasteiger partial charge in [0.05, 0.1) is 17.5 Å². The van der Waals surface area contributed by atoms with Crippen molar-refractivity contribution in [3.05, 3.63) is 70.8 Å². The summed E-state index contributed by atoms with van der Waals surface area (Å²) in [4.78, 5) is 21.3. The number of likely N-dealkylation sites (tertiary alicyclic amines) is 1. The van der Waals surface area contributed by atoms with Crippen LogP contribution in [0.25, 0.3) is 11.4 Å². The van der Waals surface area contributed by atoms with Crippen molar-refractivity contribution in [2.45, 2.75) is 25.9 Å². The number of halogens is 2. The summed E-state index contributed by atoms with van der Waals surface area (Å²) < 4.78 is 18.5. The van der Waals surface area contributed by atoms with Crippen LogP contribution in [0.4, 0.5) is 4.39 Å². The molecule has 1 saturated heterocycles. The van der Waals surface area contributed by atoms with Gasteiger partial charge in [0.15, 0.2) is 0 Å². The van der Waals surface area contributed by atoms with Crippen molar-refractivity contribution in [3.63, 3.8) is 0 Å². The molecule has 31 heavy (non-hydrogen) atoms. The monoisotopic (exact) mass is 442 g/mol. The number of amides is 1. The molecule has 0 saturated carbocycles. The standard InChI is InChI=1S/C23H24ClFN4O2/c1-28(15-21-26-22(27-31-21)19-6-2-3-7-20(19)24)23(30)17-5-4-12-29(14-17)13-16-8-10-18(25)11-9-16/h2-3,6-11,17H,4-5,12-15H2,1H3/t17-/m0/s1. The third-order valence-electron chi connectivity index (χ3n) is 5.51. The lowest BCUT2D eigenvalue weighted by molar-refractivity contribution is -0.137. The second-order valence-electron chi connectivity index (χ2n) is 7.89. The molecule has 1 fully saturated rings. The minimum atomic E-state index is -0.240. The summed E-state index contributed by atoms with van der Waals surface area (Å²) >= 11 is 6.20. The molecule has 1 aliphatic heterocycles. The Labute approximate surface area is 185 Å². The van der Waals surface area contributed by atoms with Gasteiger partial charge in [-0.1, -0.05) is 41.0 Å². The van der Waals surface area contributed by atoms with Gasteiger partial charge in [0.25, 0.3) is 0 Å². The minimum absolute atomic E-state index is 0.0568. The molecular weight excluding hydrogens is 419 g/mol. The van der Waals surface area contributed by atoms with E-state index in [-0.39, 0.29) is 24.2 Å². The van der Waals surface area contributed by atoms with Gasteiger partial charge in [-0.05, 0) is 49.2 Å². The lowest BCUT2D eigenvalue weighted by Crippen LogP contribution is -2.43. The molecule has 2 aromatic carbocycles. The fourth-order valence-electron chi connectivity index (χ4n) is 3.91. The van der Waals surface area contributed by atoms with E-state index in [4.69, 9.17) is 16.1 Å². The predicted molar refractivity (Wildman–Crippen MR) is 116 cm³/mol. The first-order valence-corrected chi connectivity index (χ1v) is 10.7. The number of rotatable bonds is 6. The minimum Gasteiger partial charge on any atom is -0.337 e. The van der Waals surface area contributed by atoms with Gasteiger partial charge in [0.2, 0.25) is 17.6 Å². The van der Waals surface area contributed by atoms with Crippen LogP contribution in [-0.2, 0) is 17.9 Å². The zero-order valence-electron chi connectivity index (χ0n) is 17.3. The van der Waals surface area contributed by atoms with Gasteiger partial charge >= 0.3 is 0 Å². The van der Waals surface area contributed by atoms with Gasteiger partial charge in [-0.15, -0.1) is 0 Å². The highest BCUT2D eigenvalue weighted by Gasteiger charge is 2.28. The molecule has 3 aromatic rings.